The SMILES string of the molecule is CCN1CC[C@H](O)[C@@H]1C(=O)O. The highest BCUT2D eigenvalue weighted by atomic mass is 16.4. The fourth-order valence-electron chi connectivity index (χ4n) is 1.51. The van der Waals surface area contributed by atoms with Gasteiger partial charge in [-0.1, -0.05) is 6.92 Å². The first-order chi connectivity index (χ1) is 5.16. The van der Waals surface area contributed by atoms with Gasteiger partial charge in [0.2, 0.25) is 0 Å². The predicted molar refractivity (Wildman–Crippen MR) is 39.3 cm³/mol. The average Bonchev–Trinajstić information content (AvgIpc) is 2.30. The van der Waals surface area contributed by atoms with E-state index in [2.05, 4.69) is 0 Å². The van der Waals surface area contributed by atoms with Crippen molar-refractivity contribution in [2.45, 2.75) is 25.5 Å². The van der Waals surface area contributed by atoms with Gasteiger partial charge in [0.25, 0.3) is 0 Å². The predicted octanol–water partition coefficient (Wildman–Crippen LogP) is -0.474. The number of carbonyl (C=O) groups is 1. The van der Waals surface area contributed by atoms with E-state index in [0.717, 1.165) is 0 Å². The number of hydrogen-bond donors (Lipinski definition) is 2. The van der Waals surface area contributed by atoms with Gasteiger partial charge in [0.05, 0.1) is 6.10 Å². The summed E-state index contributed by atoms with van der Waals surface area (Å²) < 4.78 is 0. The number of hydrogen-bond acceptors (Lipinski definition) is 3. The third kappa shape index (κ3) is 1.52. The molecule has 0 aromatic rings. The van der Waals surface area contributed by atoms with Crippen molar-refractivity contribution >= 4 is 5.97 Å². The van der Waals surface area contributed by atoms with Crippen LogP contribution in [0.3, 0.4) is 0 Å². The van der Waals surface area contributed by atoms with Crippen LogP contribution in [0.4, 0.5) is 0 Å². The van der Waals surface area contributed by atoms with Gasteiger partial charge >= 0.3 is 5.97 Å². The first-order valence-electron chi connectivity index (χ1n) is 3.81. The van der Waals surface area contributed by atoms with Gasteiger partial charge in [0, 0.05) is 6.54 Å². The molecule has 0 amide bonds. The summed E-state index contributed by atoms with van der Waals surface area (Å²) in [6.45, 7) is 3.27. The Labute approximate surface area is 65.4 Å². The Balaban J connectivity index is 2.63. The first kappa shape index (κ1) is 8.49. The fraction of sp³-hybridized carbons (Fsp3) is 0.857. The molecule has 1 rings (SSSR count). The van der Waals surface area contributed by atoms with E-state index in [1.807, 2.05) is 6.92 Å². The number of likely N-dealkylation sites (tertiary alicyclic amines) is 1. The molecule has 4 nitrogen and oxygen atoms in total. The normalized spacial score (nSPS) is 32.5. The van der Waals surface area contributed by atoms with Gasteiger partial charge in [-0.2, -0.15) is 0 Å². The maximum Gasteiger partial charge on any atom is 0.323 e. The molecule has 0 aliphatic carbocycles. The topological polar surface area (TPSA) is 60.8 Å². The Bertz CT molecular complexity index is 160. The zero-order chi connectivity index (χ0) is 8.43. The van der Waals surface area contributed by atoms with E-state index in [0.29, 0.717) is 19.5 Å². The van der Waals surface area contributed by atoms with Gasteiger partial charge in [-0.15, -0.1) is 0 Å². The summed E-state index contributed by atoms with van der Waals surface area (Å²) in [6.07, 6.45) is -0.113. The van der Waals surface area contributed by atoms with Crippen LogP contribution in [0.2, 0.25) is 0 Å². The van der Waals surface area contributed by atoms with Crippen molar-refractivity contribution < 1.29 is 15.0 Å². The van der Waals surface area contributed by atoms with Crippen LogP contribution in [0.5, 0.6) is 0 Å². The molecule has 0 aromatic carbocycles. The van der Waals surface area contributed by atoms with Gasteiger partial charge in [-0.25, -0.2) is 0 Å². The molecule has 0 aromatic heterocycles. The summed E-state index contributed by atoms with van der Waals surface area (Å²) in [7, 11) is 0. The minimum atomic E-state index is -0.920. The van der Waals surface area contributed by atoms with Crippen molar-refractivity contribution in [3.8, 4) is 0 Å². The number of nitrogens with zero attached hydrogens (tertiary/aromatic N) is 1. The first-order valence-corrected chi connectivity index (χ1v) is 3.81. The Morgan fingerprint density at radius 1 is 1.73 bits per heavy atom. The summed E-state index contributed by atoms with van der Waals surface area (Å²) >= 11 is 0. The van der Waals surface area contributed by atoms with Crippen molar-refractivity contribution in [3.63, 3.8) is 0 Å². The van der Waals surface area contributed by atoms with E-state index in [9.17, 15) is 9.90 Å². The number of aliphatic carboxylic acids is 1. The second-order valence-electron chi connectivity index (χ2n) is 2.77. The maximum absolute atomic E-state index is 10.6. The van der Waals surface area contributed by atoms with Crippen molar-refractivity contribution in [1.29, 1.82) is 0 Å². The van der Waals surface area contributed by atoms with E-state index in [1.165, 1.54) is 0 Å². The number of likely N-dealkylation sites (N-methyl/N-ethyl adjacent to an activating group) is 1. The third-order valence-electron chi connectivity index (χ3n) is 2.13. The Hall–Kier alpha value is -0.610. The van der Waals surface area contributed by atoms with E-state index < -0.39 is 18.1 Å². The summed E-state index contributed by atoms with van der Waals surface area (Å²) in [5.74, 6) is -0.920. The van der Waals surface area contributed by atoms with Crippen molar-refractivity contribution in [2.75, 3.05) is 13.1 Å². The van der Waals surface area contributed by atoms with E-state index >= 15 is 0 Å². The minimum absolute atomic E-state index is 0.574. The molecular weight excluding hydrogens is 146 g/mol. The third-order valence-corrected chi connectivity index (χ3v) is 2.13. The summed E-state index contributed by atoms with van der Waals surface area (Å²) in [5.41, 5.74) is 0. The lowest BCUT2D eigenvalue weighted by molar-refractivity contribution is -0.144. The molecule has 1 aliphatic heterocycles. The summed E-state index contributed by atoms with van der Waals surface area (Å²) in [6, 6.07) is -0.681. The average molecular weight is 159 g/mol. The summed E-state index contributed by atoms with van der Waals surface area (Å²) in [4.78, 5) is 12.4. The lowest BCUT2D eigenvalue weighted by Gasteiger charge is -2.19. The molecular formula is C7H13NO3. The number of aliphatic hydroxyl groups excluding tert-OH is 1. The van der Waals surface area contributed by atoms with Crippen LogP contribution >= 0.6 is 0 Å². The van der Waals surface area contributed by atoms with Crippen LogP contribution in [0.15, 0.2) is 0 Å². The zero-order valence-electron chi connectivity index (χ0n) is 6.53. The van der Waals surface area contributed by atoms with Crippen molar-refractivity contribution in [3.05, 3.63) is 0 Å². The molecule has 2 N–H and O–H groups in total. The van der Waals surface area contributed by atoms with Crippen LogP contribution in [0.1, 0.15) is 13.3 Å². The molecule has 11 heavy (non-hydrogen) atoms. The Morgan fingerprint density at radius 2 is 2.36 bits per heavy atom. The van der Waals surface area contributed by atoms with Gasteiger partial charge < -0.3 is 10.2 Å². The van der Waals surface area contributed by atoms with Crippen LogP contribution in [0.25, 0.3) is 0 Å². The van der Waals surface area contributed by atoms with Gasteiger partial charge in [0.15, 0.2) is 0 Å². The zero-order valence-corrected chi connectivity index (χ0v) is 6.53. The molecule has 4 heteroatoms. The lowest BCUT2D eigenvalue weighted by Crippen LogP contribution is -2.41. The quantitative estimate of drug-likeness (QED) is 0.571. The van der Waals surface area contributed by atoms with Gasteiger partial charge in [-0.05, 0) is 13.0 Å². The number of carboxylic acids is 1. The van der Waals surface area contributed by atoms with E-state index in [-0.39, 0.29) is 0 Å². The Kier molecular flexibility index (Phi) is 2.46. The van der Waals surface area contributed by atoms with Gasteiger partial charge in [0.1, 0.15) is 6.04 Å². The molecule has 0 spiro atoms. The van der Waals surface area contributed by atoms with Crippen molar-refractivity contribution in [1.82, 2.24) is 4.90 Å². The minimum Gasteiger partial charge on any atom is -0.480 e. The Morgan fingerprint density at radius 3 is 2.73 bits per heavy atom. The van der Waals surface area contributed by atoms with Gasteiger partial charge in [-0.3, -0.25) is 9.69 Å². The highest BCUT2D eigenvalue weighted by Crippen LogP contribution is 2.17. The largest absolute Gasteiger partial charge is 0.480 e. The molecule has 0 saturated carbocycles. The summed E-state index contributed by atoms with van der Waals surface area (Å²) in [5, 5.41) is 17.9. The van der Waals surface area contributed by atoms with E-state index in [1.54, 1.807) is 4.90 Å². The van der Waals surface area contributed by atoms with Crippen LogP contribution < -0.4 is 0 Å². The highest BCUT2D eigenvalue weighted by molar-refractivity contribution is 5.74. The molecule has 0 bridgehead atoms. The monoisotopic (exact) mass is 159 g/mol. The second kappa shape index (κ2) is 3.19. The number of aliphatic hydroxyl groups is 1. The number of carboxylic acid groups (broad SMARTS) is 1. The molecule has 1 saturated heterocycles. The molecule has 0 radical (unpaired) electrons. The van der Waals surface area contributed by atoms with Crippen LogP contribution in [-0.2, 0) is 4.79 Å². The number of rotatable bonds is 2. The molecule has 0 unspecified atom stereocenters. The molecule has 2 atom stereocenters. The van der Waals surface area contributed by atoms with Crippen LogP contribution in [0, 0.1) is 0 Å². The lowest BCUT2D eigenvalue weighted by atomic mass is 10.2. The standard InChI is InChI=1S/C7H13NO3/c1-2-8-4-3-5(9)6(8)7(10)11/h5-6,9H,2-4H2,1H3,(H,10,11)/t5-,6+/m0/s1. The van der Waals surface area contributed by atoms with Crippen LogP contribution in [-0.4, -0.2) is 46.3 Å². The molecule has 1 fully saturated rings. The molecule has 1 heterocycles. The smallest absolute Gasteiger partial charge is 0.323 e. The fourth-order valence-corrected chi connectivity index (χ4v) is 1.51. The van der Waals surface area contributed by atoms with Crippen molar-refractivity contribution in [2.24, 2.45) is 0 Å². The second-order valence-corrected chi connectivity index (χ2v) is 2.77. The molecule has 64 valence electrons. The highest BCUT2D eigenvalue weighted by Gasteiger charge is 2.37. The van der Waals surface area contributed by atoms with E-state index in [4.69, 9.17) is 5.11 Å². The molecule has 1 aliphatic rings. The maximum atomic E-state index is 10.6.